The molecule has 129 valence electrons. The Balaban J connectivity index is 0. The summed E-state index contributed by atoms with van der Waals surface area (Å²) in [6, 6.07) is 0. The molecule has 1 N–H and O–H groups in total. The molecule has 0 aromatic heterocycles. The number of halogens is 6. The molecule has 0 aromatic rings. The Morgan fingerprint density at radius 1 is 0.818 bits per heavy atom. The topological polar surface area (TPSA) is 37.3 Å². The maximum absolute atomic E-state index is 11.4. The van der Waals surface area contributed by atoms with Crippen molar-refractivity contribution in [2.75, 3.05) is 0 Å². The molecule has 0 unspecified atom stereocenters. The van der Waals surface area contributed by atoms with Crippen LogP contribution in [0.5, 0.6) is 0 Å². The Hall–Kier alpha value is -1.08. The number of aliphatic hydroxyl groups excluding tert-OH is 1. The maximum Gasteiger partial charge on any atom is 0.454 e. The molecule has 0 aromatic carbocycles. The molecular weight excluding hydrogens is 494 g/mol. The molecule has 1 aliphatic carbocycles. The van der Waals surface area contributed by atoms with Crippen LogP contribution in [0.2, 0.25) is 0 Å². The van der Waals surface area contributed by atoms with E-state index in [1.165, 1.54) is 25.7 Å². The van der Waals surface area contributed by atoms with Gasteiger partial charge in [0.15, 0.2) is 0 Å². The quantitative estimate of drug-likeness (QED) is 0.239. The third-order valence-electron chi connectivity index (χ3n) is 2.17. The van der Waals surface area contributed by atoms with E-state index in [2.05, 4.69) is 24.3 Å². The minimum Gasteiger partial charge on any atom is -0.504 e. The van der Waals surface area contributed by atoms with Crippen LogP contribution in [0.1, 0.15) is 25.7 Å². The average Bonchev–Trinajstić information content (AvgIpc) is 2.25. The molecule has 0 amide bonds. The van der Waals surface area contributed by atoms with Crippen LogP contribution in [0.3, 0.4) is 0 Å². The van der Waals surface area contributed by atoms with Crippen LogP contribution in [0.15, 0.2) is 36.1 Å². The molecule has 0 fully saturated rings. The van der Waals surface area contributed by atoms with E-state index in [0.717, 1.165) is 0 Å². The zero-order valence-electron chi connectivity index (χ0n) is 11.2. The van der Waals surface area contributed by atoms with Gasteiger partial charge in [0.25, 0.3) is 5.78 Å². The van der Waals surface area contributed by atoms with E-state index in [1.807, 2.05) is 0 Å². The van der Waals surface area contributed by atoms with Crippen molar-refractivity contribution in [1.29, 1.82) is 0 Å². The van der Waals surface area contributed by atoms with Crippen LogP contribution in [-0.4, -0.2) is 23.2 Å². The number of alkyl halides is 6. The Bertz CT molecular complexity index is 395. The molecule has 0 heterocycles. The summed E-state index contributed by atoms with van der Waals surface area (Å²) in [7, 11) is 0. The van der Waals surface area contributed by atoms with Gasteiger partial charge in [-0.25, -0.2) is 0 Å². The van der Waals surface area contributed by atoms with Crippen LogP contribution in [0.25, 0.3) is 0 Å². The largest absolute Gasteiger partial charge is 0.504 e. The van der Waals surface area contributed by atoms with E-state index in [4.69, 9.17) is 5.11 Å². The van der Waals surface area contributed by atoms with Crippen LogP contribution >= 0.6 is 0 Å². The predicted octanol–water partition coefficient (Wildman–Crippen LogP) is 4.79. The minimum absolute atomic E-state index is 0. The van der Waals surface area contributed by atoms with Crippen molar-refractivity contribution in [1.82, 2.24) is 0 Å². The fourth-order valence-corrected chi connectivity index (χ4v) is 1.14. The summed E-state index contributed by atoms with van der Waals surface area (Å²) >= 11 is 0. The SMILES string of the molecule is C1=CCCC=CCC1.O=C(C=C(O)C(F)(F)F)C(F)(F)F.[Ir]. The van der Waals surface area contributed by atoms with Crippen LogP contribution in [0.4, 0.5) is 26.3 Å². The van der Waals surface area contributed by atoms with Gasteiger partial charge in [-0.3, -0.25) is 4.79 Å². The van der Waals surface area contributed by atoms with Crippen LogP contribution < -0.4 is 0 Å². The van der Waals surface area contributed by atoms with Gasteiger partial charge in [-0.05, 0) is 25.7 Å². The number of ketones is 1. The third kappa shape index (κ3) is 11.6. The Kier molecular flexibility index (Phi) is 11.2. The number of hydrogen-bond acceptors (Lipinski definition) is 2. The minimum atomic E-state index is -5.42. The van der Waals surface area contributed by atoms with Crippen molar-refractivity contribution in [2.45, 2.75) is 38.0 Å². The number of allylic oxidation sites excluding steroid dienone is 6. The standard InChI is InChI=1S/C8H12.C5H2F6O2.Ir/c1-2-4-6-8-7-5-3-1;6-4(7,8)2(12)1-3(13)5(9,10)11;/h1-2,7-8H,3-6H2;1,12H;. The van der Waals surface area contributed by atoms with Gasteiger partial charge in [-0.1, -0.05) is 24.3 Å². The normalized spacial score (nSPS) is 15.8. The number of aliphatic hydroxyl groups is 1. The Morgan fingerprint density at radius 3 is 1.36 bits per heavy atom. The molecule has 0 spiro atoms. The first kappa shape index (κ1) is 23.2. The summed E-state index contributed by atoms with van der Waals surface area (Å²) in [5.74, 6) is -5.34. The summed E-state index contributed by atoms with van der Waals surface area (Å²) in [4.78, 5) is 9.86. The van der Waals surface area contributed by atoms with Gasteiger partial charge in [-0.2, -0.15) is 26.3 Å². The van der Waals surface area contributed by atoms with Gasteiger partial charge in [0.2, 0.25) is 5.76 Å². The summed E-state index contributed by atoms with van der Waals surface area (Å²) in [5.41, 5.74) is 0. The Labute approximate surface area is 136 Å². The molecular formula is C13H14F6IrO2. The number of carbonyl (C=O) groups excluding carboxylic acids is 1. The van der Waals surface area contributed by atoms with Gasteiger partial charge >= 0.3 is 12.4 Å². The second-order valence-corrected chi connectivity index (χ2v) is 3.99. The van der Waals surface area contributed by atoms with E-state index in [0.29, 0.717) is 0 Å². The van der Waals surface area contributed by atoms with E-state index >= 15 is 0 Å². The first-order chi connectivity index (χ1) is 9.55. The summed E-state index contributed by atoms with van der Waals surface area (Å²) < 4.78 is 68.1. The molecule has 0 saturated carbocycles. The second kappa shape index (κ2) is 10.6. The fourth-order valence-electron chi connectivity index (χ4n) is 1.14. The maximum atomic E-state index is 11.4. The van der Waals surface area contributed by atoms with Crippen molar-refractivity contribution < 1.29 is 56.3 Å². The molecule has 9 heteroatoms. The summed E-state index contributed by atoms with van der Waals surface area (Å²) in [6.07, 6.45) is 2.32. The van der Waals surface area contributed by atoms with Crippen molar-refractivity contribution >= 4 is 5.78 Å². The molecule has 1 aliphatic rings. The van der Waals surface area contributed by atoms with E-state index in [1.54, 1.807) is 0 Å². The number of rotatable bonds is 1. The van der Waals surface area contributed by atoms with Crippen LogP contribution in [0, 0.1) is 0 Å². The van der Waals surface area contributed by atoms with Gasteiger partial charge in [0.1, 0.15) is 0 Å². The molecule has 1 rings (SSSR count). The van der Waals surface area contributed by atoms with Crippen molar-refractivity contribution in [2.24, 2.45) is 0 Å². The summed E-state index contributed by atoms with van der Waals surface area (Å²) in [5, 5.41) is 7.93. The molecule has 0 atom stereocenters. The van der Waals surface area contributed by atoms with E-state index in [-0.39, 0.29) is 20.1 Å². The van der Waals surface area contributed by atoms with Crippen molar-refractivity contribution in [3.63, 3.8) is 0 Å². The van der Waals surface area contributed by atoms with Gasteiger partial charge in [-0.15, -0.1) is 0 Å². The molecule has 22 heavy (non-hydrogen) atoms. The second-order valence-electron chi connectivity index (χ2n) is 3.99. The van der Waals surface area contributed by atoms with Gasteiger partial charge < -0.3 is 5.11 Å². The predicted molar refractivity (Wildman–Crippen MR) is 64.6 cm³/mol. The van der Waals surface area contributed by atoms with Gasteiger partial charge in [0, 0.05) is 26.2 Å². The first-order valence-electron chi connectivity index (χ1n) is 5.94. The van der Waals surface area contributed by atoms with Crippen LogP contribution in [-0.2, 0) is 24.9 Å². The smallest absolute Gasteiger partial charge is 0.454 e. The average molecular weight is 508 g/mol. The molecule has 2 nitrogen and oxygen atoms in total. The number of carbonyl (C=O) groups is 1. The number of hydrogen-bond donors (Lipinski definition) is 1. The third-order valence-corrected chi connectivity index (χ3v) is 2.17. The van der Waals surface area contributed by atoms with Crippen molar-refractivity contribution in [3.05, 3.63) is 36.1 Å². The zero-order valence-corrected chi connectivity index (χ0v) is 13.6. The van der Waals surface area contributed by atoms with Crippen molar-refractivity contribution in [3.8, 4) is 0 Å². The van der Waals surface area contributed by atoms with E-state index in [9.17, 15) is 31.1 Å². The Morgan fingerprint density at radius 2 is 1.14 bits per heavy atom. The molecule has 0 bridgehead atoms. The molecule has 0 aliphatic heterocycles. The van der Waals surface area contributed by atoms with Gasteiger partial charge in [0.05, 0.1) is 0 Å². The molecule has 0 saturated heterocycles. The summed E-state index contributed by atoms with van der Waals surface area (Å²) in [6.45, 7) is 0. The molecule has 1 radical (unpaired) electrons. The van der Waals surface area contributed by atoms with E-state index < -0.39 is 30.0 Å². The monoisotopic (exact) mass is 509 g/mol. The zero-order chi connectivity index (χ0) is 16.5. The fraction of sp³-hybridized carbons (Fsp3) is 0.462. The first-order valence-corrected chi connectivity index (χ1v) is 5.94.